The van der Waals surface area contributed by atoms with E-state index in [1.165, 1.54) is 22.7 Å². The molecule has 0 aromatic heterocycles. The Kier molecular flexibility index (Phi) is 6.36. The fraction of sp³-hybridized carbons (Fsp3) is 0.300. The first-order valence-electron chi connectivity index (χ1n) is 8.77. The van der Waals surface area contributed by atoms with Crippen molar-refractivity contribution < 1.29 is 14.1 Å². The molecule has 26 heavy (non-hydrogen) atoms. The third-order valence-corrected chi connectivity index (χ3v) is 4.97. The molecule has 0 atom stereocenters. The summed E-state index contributed by atoms with van der Waals surface area (Å²) in [5, 5.41) is 4.63. The molecule has 6 heteroatoms. The maximum Gasteiger partial charge on any atom is 0.243 e. The van der Waals surface area contributed by atoms with E-state index in [9.17, 15) is 9.18 Å². The van der Waals surface area contributed by atoms with Crippen LogP contribution in [0.5, 0.6) is 0 Å². The Balaban J connectivity index is 1.44. The molecule has 4 nitrogen and oxygen atoms in total. The summed E-state index contributed by atoms with van der Waals surface area (Å²) in [5.41, 5.74) is 4.15. The number of benzene rings is 2. The molecule has 0 bridgehead atoms. The van der Waals surface area contributed by atoms with Gasteiger partial charge in [0.15, 0.2) is 0 Å². The van der Waals surface area contributed by atoms with Crippen LogP contribution in [0, 0.1) is 11.7 Å². The van der Waals surface area contributed by atoms with Crippen LogP contribution in [0.15, 0.2) is 53.6 Å². The number of carbonyl (C=O) groups is 1. The van der Waals surface area contributed by atoms with Gasteiger partial charge in [-0.1, -0.05) is 41.9 Å². The molecule has 1 fully saturated rings. The summed E-state index contributed by atoms with van der Waals surface area (Å²) in [7, 11) is 0. The molecule has 0 radical (unpaired) electrons. The van der Waals surface area contributed by atoms with Crippen LogP contribution in [0.3, 0.4) is 0 Å². The number of hydrogen-bond acceptors (Lipinski definition) is 2. The Morgan fingerprint density at radius 3 is 2.58 bits per heavy atom. The SMILES string of the molecule is O=C(N/N=C\c1ccccc1F)C1CC[NH+](Cc2ccc(Cl)cc2)CC1. The minimum atomic E-state index is -0.357. The van der Waals surface area contributed by atoms with Gasteiger partial charge < -0.3 is 4.90 Å². The van der Waals surface area contributed by atoms with Crippen LogP contribution >= 0.6 is 11.6 Å². The number of nitrogens with one attached hydrogen (secondary N) is 2. The Bertz CT molecular complexity index is 771. The number of hydrogen-bond donors (Lipinski definition) is 2. The summed E-state index contributed by atoms with van der Waals surface area (Å²) in [6, 6.07) is 14.2. The molecule has 0 unspecified atom stereocenters. The van der Waals surface area contributed by atoms with Crippen molar-refractivity contribution in [3.63, 3.8) is 0 Å². The number of halogens is 2. The van der Waals surface area contributed by atoms with E-state index in [-0.39, 0.29) is 17.6 Å². The van der Waals surface area contributed by atoms with Crippen LogP contribution in [-0.4, -0.2) is 25.2 Å². The molecule has 2 aromatic rings. The van der Waals surface area contributed by atoms with Crippen molar-refractivity contribution in [1.82, 2.24) is 5.43 Å². The zero-order valence-electron chi connectivity index (χ0n) is 14.4. The maximum atomic E-state index is 13.5. The van der Waals surface area contributed by atoms with Crippen molar-refractivity contribution in [3.05, 3.63) is 70.5 Å². The highest BCUT2D eigenvalue weighted by atomic mass is 35.5. The van der Waals surface area contributed by atoms with E-state index in [1.54, 1.807) is 18.2 Å². The van der Waals surface area contributed by atoms with E-state index in [0.717, 1.165) is 37.5 Å². The lowest BCUT2D eigenvalue weighted by Crippen LogP contribution is -3.11. The predicted molar refractivity (Wildman–Crippen MR) is 101 cm³/mol. The maximum absolute atomic E-state index is 13.5. The van der Waals surface area contributed by atoms with Crippen molar-refractivity contribution in [2.75, 3.05) is 13.1 Å². The van der Waals surface area contributed by atoms with Crippen LogP contribution in [0.4, 0.5) is 4.39 Å². The van der Waals surface area contributed by atoms with E-state index in [1.807, 2.05) is 24.3 Å². The summed E-state index contributed by atoms with van der Waals surface area (Å²) in [4.78, 5) is 13.7. The van der Waals surface area contributed by atoms with Gasteiger partial charge in [-0.25, -0.2) is 9.82 Å². The minimum absolute atomic E-state index is 0.0401. The molecule has 1 saturated heterocycles. The van der Waals surface area contributed by atoms with E-state index in [0.29, 0.717) is 5.56 Å². The number of nitrogens with zero attached hydrogens (tertiary/aromatic N) is 1. The van der Waals surface area contributed by atoms with Gasteiger partial charge in [0.05, 0.1) is 25.2 Å². The van der Waals surface area contributed by atoms with Crippen molar-refractivity contribution in [3.8, 4) is 0 Å². The number of hydrazone groups is 1. The molecule has 1 heterocycles. The van der Waals surface area contributed by atoms with Crippen LogP contribution in [-0.2, 0) is 11.3 Å². The average Bonchev–Trinajstić information content (AvgIpc) is 2.66. The zero-order valence-corrected chi connectivity index (χ0v) is 15.2. The third kappa shape index (κ3) is 5.13. The molecule has 0 aliphatic carbocycles. The Labute approximate surface area is 157 Å². The second-order valence-corrected chi connectivity index (χ2v) is 7.02. The van der Waals surface area contributed by atoms with Crippen LogP contribution in [0.1, 0.15) is 24.0 Å². The lowest BCUT2D eigenvalue weighted by molar-refractivity contribution is -0.919. The molecule has 136 valence electrons. The number of likely N-dealkylation sites (tertiary alicyclic amines) is 1. The molecule has 3 rings (SSSR count). The Morgan fingerprint density at radius 1 is 1.19 bits per heavy atom. The number of carbonyl (C=O) groups excluding carboxylic acids is 1. The largest absolute Gasteiger partial charge is 0.331 e. The molecule has 1 aliphatic rings. The van der Waals surface area contributed by atoms with Crippen LogP contribution in [0.25, 0.3) is 0 Å². The molecule has 1 aliphatic heterocycles. The van der Waals surface area contributed by atoms with E-state index in [4.69, 9.17) is 11.6 Å². The highest BCUT2D eigenvalue weighted by Gasteiger charge is 2.27. The van der Waals surface area contributed by atoms with Crippen LogP contribution < -0.4 is 10.3 Å². The van der Waals surface area contributed by atoms with Gasteiger partial charge in [-0.2, -0.15) is 5.10 Å². The quantitative estimate of drug-likeness (QED) is 0.612. The smallest absolute Gasteiger partial charge is 0.243 e. The standard InChI is InChI=1S/C20H21ClFN3O/c21-18-7-5-15(6-8-18)14-25-11-9-16(10-12-25)20(26)24-23-13-17-3-1-2-4-19(17)22/h1-8,13,16H,9-12,14H2,(H,24,26)/p+1/b23-13-. The minimum Gasteiger partial charge on any atom is -0.331 e. The first kappa shape index (κ1) is 18.5. The normalized spacial score (nSPS) is 20.2. The van der Waals surface area contributed by atoms with Crippen molar-refractivity contribution in [2.45, 2.75) is 19.4 Å². The summed E-state index contributed by atoms with van der Waals surface area (Å²) in [6.45, 7) is 2.83. The van der Waals surface area contributed by atoms with Crippen molar-refractivity contribution in [2.24, 2.45) is 11.0 Å². The Morgan fingerprint density at radius 2 is 1.88 bits per heavy atom. The van der Waals surface area contributed by atoms with Gasteiger partial charge in [-0.15, -0.1) is 0 Å². The van der Waals surface area contributed by atoms with Gasteiger partial charge in [-0.05, 0) is 18.2 Å². The first-order valence-corrected chi connectivity index (χ1v) is 9.15. The molecular weight excluding hydrogens is 353 g/mol. The zero-order chi connectivity index (χ0) is 18.4. The fourth-order valence-corrected chi connectivity index (χ4v) is 3.32. The van der Waals surface area contributed by atoms with Gasteiger partial charge >= 0.3 is 0 Å². The third-order valence-electron chi connectivity index (χ3n) is 4.71. The average molecular weight is 375 g/mol. The van der Waals surface area contributed by atoms with E-state index >= 15 is 0 Å². The van der Waals surface area contributed by atoms with Gasteiger partial charge in [0.2, 0.25) is 5.91 Å². The topological polar surface area (TPSA) is 45.9 Å². The summed E-state index contributed by atoms with van der Waals surface area (Å²) >= 11 is 5.91. The van der Waals surface area contributed by atoms with Crippen LogP contribution in [0.2, 0.25) is 5.02 Å². The molecule has 1 amide bonds. The van der Waals surface area contributed by atoms with Crippen molar-refractivity contribution in [1.29, 1.82) is 0 Å². The Hall–Kier alpha value is -2.24. The van der Waals surface area contributed by atoms with Gasteiger partial charge in [0.25, 0.3) is 0 Å². The summed E-state index contributed by atoms with van der Waals surface area (Å²) in [6.07, 6.45) is 2.99. The molecular formula is C20H22ClFN3O+. The number of quaternary nitrogens is 1. The monoisotopic (exact) mass is 374 g/mol. The first-order chi connectivity index (χ1) is 12.6. The lowest BCUT2D eigenvalue weighted by atomic mass is 9.96. The van der Waals surface area contributed by atoms with Gasteiger partial charge in [-0.3, -0.25) is 4.79 Å². The predicted octanol–water partition coefficient (Wildman–Crippen LogP) is 2.42. The lowest BCUT2D eigenvalue weighted by Gasteiger charge is -2.28. The van der Waals surface area contributed by atoms with Crippen molar-refractivity contribution >= 4 is 23.7 Å². The number of piperidine rings is 1. The molecule has 0 spiro atoms. The molecule has 2 N–H and O–H groups in total. The second-order valence-electron chi connectivity index (χ2n) is 6.58. The summed E-state index contributed by atoms with van der Waals surface area (Å²) in [5.74, 6) is -0.491. The highest BCUT2D eigenvalue weighted by molar-refractivity contribution is 6.30. The second kappa shape index (κ2) is 8.92. The number of amides is 1. The number of rotatable bonds is 5. The fourth-order valence-electron chi connectivity index (χ4n) is 3.19. The van der Waals surface area contributed by atoms with Gasteiger partial charge in [0, 0.05) is 29.0 Å². The molecule has 2 aromatic carbocycles. The van der Waals surface area contributed by atoms with E-state index < -0.39 is 0 Å². The highest BCUT2D eigenvalue weighted by Crippen LogP contribution is 2.12. The molecule has 0 saturated carbocycles. The summed E-state index contributed by atoms with van der Waals surface area (Å²) < 4.78 is 13.5. The van der Waals surface area contributed by atoms with E-state index in [2.05, 4.69) is 10.5 Å². The van der Waals surface area contributed by atoms with Gasteiger partial charge in [0.1, 0.15) is 12.4 Å².